The van der Waals surface area contributed by atoms with Gasteiger partial charge in [0, 0.05) is 21.8 Å². The molecule has 1 aromatic heterocycles. The average molecular weight is 335 g/mol. The van der Waals surface area contributed by atoms with Crippen molar-refractivity contribution in [2.45, 2.75) is 13.3 Å². The topological polar surface area (TPSA) is 15.8 Å². The number of nitrogens with one attached hydrogen (secondary N) is 1. The van der Waals surface area contributed by atoms with Crippen LogP contribution >= 0.6 is 0 Å². The summed E-state index contributed by atoms with van der Waals surface area (Å²) < 4.78 is 0. The molecule has 0 spiro atoms. The van der Waals surface area contributed by atoms with Crippen LogP contribution in [0.5, 0.6) is 0 Å². The first-order valence-corrected chi connectivity index (χ1v) is 9.27. The molecule has 1 aliphatic carbocycles. The fourth-order valence-electron chi connectivity index (χ4n) is 3.83. The van der Waals surface area contributed by atoms with E-state index in [1.165, 1.54) is 44.1 Å². The van der Waals surface area contributed by atoms with Crippen molar-refractivity contribution in [3.05, 3.63) is 90.5 Å². The molecule has 1 N–H and O–H groups in total. The van der Waals surface area contributed by atoms with Gasteiger partial charge in [-0.05, 0) is 52.8 Å². The van der Waals surface area contributed by atoms with E-state index in [9.17, 15) is 0 Å². The maximum absolute atomic E-state index is 3.59. The molecule has 26 heavy (non-hydrogen) atoms. The quantitative estimate of drug-likeness (QED) is 0.407. The van der Waals surface area contributed by atoms with Crippen molar-refractivity contribution in [1.29, 1.82) is 0 Å². The Balaban J connectivity index is 1.62. The minimum atomic E-state index is 0.645. The van der Waals surface area contributed by atoms with E-state index in [0.29, 0.717) is 5.92 Å². The predicted octanol–water partition coefficient (Wildman–Crippen LogP) is 6.97. The second-order valence-electron chi connectivity index (χ2n) is 7.24. The molecule has 1 unspecified atom stereocenters. The molecule has 1 aliphatic rings. The van der Waals surface area contributed by atoms with Gasteiger partial charge in [0.05, 0.1) is 0 Å². The average Bonchev–Trinajstić information content (AvgIpc) is 3.06. The van der Waals surface area contributed by atoms with Crippen LogP contribution in [0.2, 0.25) is 0 Å². The van der Waals surface area contributed by atoms with Gasteiger partial charge in [0.15, 0.2) is 0 Å². The SMILES string of the molecule is CC1C=CC(c2ccc3[nH]c4cc(-c5ccccc5)ccc4c3c2)=CC1. The zero-order valence-corrected chi connectivity index (χ0v) is 14.9. The van der Waals surface area contributed by atoms with Gasteiger partial charge in [-0.3, -0.25) is 0 Å². The van der Waals surface area contributed by atoms with E-state index in [-0.39, 0.29) is 0 Å². The number of aromatic amines is 1. The van der Waals surface area contributed by atoms with Crippen LogP contribution in [-0.2, 0) is 0 Å². The lowest BCUT2D eigenvalue weighted by Crippen LogP contribution is -1.94. The monoisotopic (exact) mass is 335 g/mol. The lowest BCUT2D eigenvalue weighted by Gasteiger charge is -2.12. The van der Waals surface area contributed by atoms with Gasteiger partial charge < -0.3 is 4.98 Å². The summed E-state index contributed by atoms with van der Waals surface area (Å²) in [4.78, 5) is 3.59. The Morgan fingerprint density at radius 1 is 0.769 bits per heavy atom. The van der Waals surface area contributed by atoms with Gasteiger partial charge in [-0.2, -0.15) is 0 Å². The highest BCUT2D eigenvalue weighted by atomic mass is 14.7. The van der Waals surface area contributed by atoms with Crippen molar-refractivity contribution in [2.24, 2.45) is 5.92 Å². The summed E-state index contributed by atoms with van der Waals surface area (Å²) in [6.45, 7) is 2.26. The molecule has 0 saturated heterocycles. The minimum absolute atomic E-state index is 0.645. The van der Waals surface area contributed by atoms with Crippen LogP contribution in [0.4, 0.5) is 0 Å². The molecule has 0 saturated carbocycles. The maximum Gasteiger partial charge on any atom is 0.0471 e. The Morgan fingerprint density at radius 2 is 1.62 bits per heavy atom. The molecule has 3 aromatic carbocycles. The number of hydrogen-bond acceptors (Lipinski definition) is 0. The molecule has 4 aromatic rings. The molecule has 5 rings (SSSR count). The van der Waals surface area contributed by atoms with Crippen LogP contribution in [0.3, 0.4) is 0 Å². The number of aromatic nitrogens is 1. The van der Waals surface area contributed by atoms with Crippen LogP contribution in [0.1, 0.15) is 18.9 Å². The molecule has 1 nitrogen and oxygen atoms in total. The Kier molecular flexibility index (Phi) is 3.53. The highest BCUT2D eigenvalue weighted by Gasteiger charge is 2.10. The van der Waals surface area contributed by atoms with E-state index in [1.54, 1.807) is 0 Å². The maximum atomic E-state index is 3.59. The van der Waals surface area contributed by atoms with Crippen LogP contribution in [0, 0.1) is 5.92 Å². The third kappa shape index (κ3) is 2.57. The number of fused-ring (bicyclic) bond motifs is 3. The molecule has 0 radical (unpaired) electrons. The second-order valence-corrected chi connectivity index (χ2v) is 7.24. The molecule has 1 heteroatoms. The van der Waals surface area contributed by atoms with E-state index >= 15 is 0 Å². The lowest BCUT2D eigenvalue weighted by molar-refractivity contribution is 0.739. The molecular formula is C25H21N. The van der Waals surface area contributed by atoms with Crippen molar-refractivity contribution in [3.63, 3.8) is 0 Å². The third-order valence-electron chi connectivity index (χ3n) is 5.35. The Morgan fingerprint density at radius 3 is 2.42 bits per heavy atom. The first-order valence-electron chi connectivity index (χ1n) is 9.27. The molecular weight excluding hydrogens is 314 g/mol. The summed E-state index contributed by atoms with van der Waals surface area (Å²) in [7, 11) is 0. The number of allylic oxidation sites excluding steroid dienone is 4. The van der Waals surface area contributed by atoms with Crippen molar-refractivity contribution < 1.29 is 0 Å². The highest BCUT2D eigenvalue weighted by molar-refractivity contribution is 6.09. The molecule has 0 aliphatic heterocycles. The first-order chi connectivity index (χ1) is 12.8. The van der Waals surface area contributed by atoms with Crippen molar-refractivity contribution in [3.8, 4) is 11.1 Å². The predicted molar refractivity (Wildman–Crippen MR) is 112 cm³/mol. The van der Waals surface area contributed by atoms with Crippen LogP contribution in [0.25, 0.3) is 38.5 Å². The summed E-state index contributed by atoms with van der Waals surface area (Å²) in [5, 5.41) is 2.58. The highest BCUT2D eigenvalue weighted by Crippen LogP contribution is 2.32. The number of benzene rings is 3. The van der Waals surface area contributed by atoms with Crippen LogP contribution in [0.15, 0.2) is 85.0 Å². The molecule has 0 fully saturated rings. The van der Waals surface area contributed by atoms with Gasteiger partial charge in [0.1, 0.15) is 0 Å². The van der Waals surface area contributed by atoms with Gasteiger partial charge in [-0.1, -0.05) is 73.7 Å². The van der Waals surface area contributed by atoms with Gasteiger partial charge in [-0.25, -0.2) is 0 Å². The third-order valence-corrected chi connectivity index (χ3v) is 5.35. The zero-order chi connectivity index (χ0) is 17.5. The number of H-pyrrole nitrogens is 1. The first kappa shape index (κ1) is 15.2. The minimum Gasteiger partial charge on any atom is -0.354 e. The normalized spacial score (nSPS) is 17.0. The zero-order valence-electron chi connectivity index (χ0n) is 14.9. The van der Waals surface area contributed by atoms with Gasteiger partial charge in [-0.15, -0.1) is 0 Å². The summed E-state index contributed by atoms with van der Waals surface area (Å²) in [5.74, 6) is 0.645. The molecule has 0 amide bonds. The number of hydrogen-bond donors (Lipinski definition) is 1. The Bertz CT molecular complexity index is 1160. The van der Waals surface area contributed by atoms with E-state index < -0.39 is 0 Å². The molecule has 1 heterocycles. The Labute approximate surface area is 153 Å². The molecule has 1 atom stereocenters. The fourth-order valence-corrected chi connectivity index (χ4v) is 3.83. The van der Waals surface area contributed by atoms with Gasteiger partial charge in [0.2, 0.25) is 0 Å². The summed E-state index contributed by atoms with van der Waals surface area (Å²) in [6, 6.07) is 24.0. The van der Waals surface area contributed by atoms with Crippen LogP contribution in [-0.4, -0.2) is 4.98 Å². The van der Waals surface area contributed by atoms with E-state index in [4.69, 9.17) is 0 Å². The van der Waals surface area contributed by atoms with E-state index in [1.807, 2.05) is 0 Å². The van der Waals surface area contributed by atoms with Gasteiger partial charge >= 0.3 is 0 Å². The summed E-state index contributed by atoms with van der Waals surface area (Å²) in [5.41, 5.74) is 7.52. The van der Waals surface area contributed by atoms with Crippen LogP contribution < -0.4 is 0 Å². The van der Waals surface area contributed by atoms with Crippen molar-refractivity contribution >= 4 is 27.4 Å². The molecule has 126 valence electrons. The summed E-state index contributed by atoms with van der Waals surface area (Å²) >= 11 is 0. The summed E-state index contributed by atoms with van der Waals surface area (Å²) in [6.07, 6.45) is 8.05. The van der Waals surface area contributed by atoms with Gasteiger partial charge in [0.25, 0.3) is 0 Å². The van der Waals surface area contributed by atoms with Crippen molar-refractivity contribution in [2.75, 3.05) is 0 Å². The smallest absolute Gasteiger partial charge is 0.0471 e. The van der Waals surface area contributed by atoms with E-state index in [0.717, 1.165) is 6.42 Å². The van der Waals surface area contributed by atoms with E-state index in [2.05, 4.69) is 96.9 Å². The second kappa shape index (κ2) is 6.03. The fraction of sp³-hybridized carbons (Fsp3) is 0.120. The number of rotatable bonds is 2. The molecule has 0 bridgehead atoms. The standard InChI is InChI=1S/C25H21N/c1-17-7-9-19(10-8-17)20-12-14-24-23(15-20)22-13-11-21(16-25(22)26-24)18-5-3-2-4-6-18/h2-7,9-17,26H,8H2,1H3. The van der Waals surface area contributed by atoms with Crippen molar-refractivity contribution in [1.82, 2.24) is 4.98 Å². The lowest BCUT2D eigenvalue weighted by atomic mass is 9.93. The Hall–Kier alpha value is -3.06. The largest absolute Gasteiger partial charge is 0.354 e.